The molecule has 1 aromatic carbocycles. The molecule has 0 saturated heterocycles. The van der Waals surface area contributed by atoms with Gasteiger partial charge in [-0.2, -0.15) is 11.3 Å². The first-order valence-electron chi connectivity index (χ1n) is 4.81. The summed E-state index contributed by atoms with van der Waals surface area (Å²) in [6.45, 7) is 0. The summed E-state index contributed by atoms with van der Waals surface area (Å²) in [6, 6.07) is 8.07. The van der Waals surface area contributed by atoms with Gasteiger partial charge >= 0.3 is 0 Å². The standard InChI is InChI=1S/C12H10BrIOS/c13-11-2-1-9(14)6-10(11)12(15)5-8-3-4-16-7-8/h1-4,6-7,12,15H,5H2. The molecule has 1 aromatic heterocycles. The molecular weight excluding hydrogens is 399 g/mol. The summed E-state index contributed by atoms with van der Waals surface area (Å²) in [4.78, 5) is 0. The Morgan fingerprint density at radius 3 is 2.88 bits per heavy atom. The van der Waals surface area contributed by atoms with Crippen LogP contribution in [0.5, 0.6) is 0 Å². The SMILES string of the molecule is OC(Cc1ccsc1)c1cc(I)ccc1Br. The van der Waals surface area contributed by atoms with E-state index in [1.807, 2.05) is 23.6 Å². The first kappa shape index (κ1) is 12.5. The molecule has 84 valence electrons. The predicted octanol–water partition coefficient (Wildman–Crippen LogP) is 4.39. The van der Waals surface area contributed by atoms with Crippen molar-refractivity contribution in [3.63, 3.8) is 0 Å². The molecule has 0 fully saturated rings. The van der Waals surface area contributed by atoms with Crippen LogP contribution in [0.15, 0.2) is 39.5 Å². The highest BCUT2D eigenvalue weighted by Crippen LogP contribution is 2.28. The Balaban J connectivity index is 2.20. The van der Waals surface area contributed by atoms with Crippen molar-refractivity contribution < 1.29 is 5.11 Å². The molecule has 16 heavy (non-hydrogen) atoms. The molecule has 4 heteroatoms. The maximum absolute atomic E-state index is 10.2. The van der Waals surface area contributed by atoms with E-state index in [1.54, 1.807) is 11.3 Å². The van der Waals surface area contributed by atoms with Gasteiger partial charge in [-0.3, -0.25) is 0 Å². The molecule has 0 amide bonds. The molecule has 0 saturated carbocycles. The van der Waals surface area contributed by atoms with Gasteiger partial charge in [0.2, 0.25) is 0 Å². The van der Waals surface area contributed by atoms with Crippen molar-refractivity contribution >= 4 is 49.9 Å². The smallest absolute Gasteiger partial charge is 0.0841 e. The van der Waals surface area contributed by atoms with Gasteiger partial charge in [0.1, 0.15) is 0 Å². The summed E-state index contributed by atoms with van der Waals surface area (Å²) in [6.07, 6.45) is 0.223. The molecule has 0 radical (unpaired) electrons. The Morgan fingerprint density at radius 1 is 1.38 bits per heavy atom. The van der Waals surface area contributed by atoms with Gasteiger partial charge in [-0.25, -0.2) is 0 Å². The third kappa shape index (κ3) is 3.06. The minimum atomic E-state index is -0.446. The zero-order chi connectivity index (χ0) is 11.5. The molecule has 2 rings (SSSR count). The number of hydrogen-bond donors (Lipinski definition) is 1. The Kier molecular flexibility index (Phi) is 4.41. The molecule has 2 aromatic rings. The number of rotatable bonds is 3. The average Bonchev–Trinajstić information content (AvgIpc) is 2.74. The summed E-state index contributed by atoms with van der Waals surface area (Å²) < 4.78 is 2.11. The third-order valence-corrected chi connectivity index (χ3v) is 4.45. The zero-order valence-electron chi connectivity index (χ0n) is 8.36. The lowest BCUT2D eigenvalue weighted by molar-refractivity contribution is 0.178. The fraction of sp³-hybridized carbons (Fsp3) is 0.167. The van der Waals surface area contributed by atoms with Crippen molar-refractivity contribution in [2.24, 2.45) is 0 Å². The van der Waals surface area contributed by atoms with Crippen LogP contribution in [0.4, 0.5) is 0 Å². The third-order valence-electron chi connectivity index (χ3n) is 2.33. The number of halogens is 2. The van der Waals surface area contributed by atoms with Crippen molar-refractivity contribution in [3.05, 3.63) is 54.2 Å². The maximum Gasteiger partial charge on any atom is 0.0841 e. The molecule has 0 aliphatic rings. The number of aliphatic hydroxyl groups is 1. The van der Waals surface area contributed by atoms with Crippen molar-refractivity contribution in [1.82, 2.24) is 0 Å². The Labute approximate surface area is 121 Å². The van der Waals surface area contributed by atoms with E-state index in [0.29, 0.717) is 6.42 Å². The highest BCUT2D eigenvalue weighted by Gasteiger charge is 2.12. The van der Waals surface area contributed by atoms with Gasteiger partial charge in [-0.05, 0) is 68.7 Å². The maximum atomic E-state index is 10.2. The van der Waals surface area contributed by atoms with Gasteiger partial charge in [-0.1, -0.05) is 15.9 Å². The van der Waals surface area contributed by atoms with Crippen molar-refractivity contribution in [2.45, 2.75) is 12.5 Å². The number of thiophene rings is 1. The van der Waals surface area contributed by atoms with Crippen LogP contribution in [-0.4, -0.2) is 5.11 Å². The van der Waals surface area contributed by atoms with Gasteiger partial charge < -0.3 is 5.11 Å². The summed E-state index contributed by atoms with van der Waals surface area (Å²) in [5.74, 6) is 0. The molecule has 0 spiro atoms. The van der Waals surface area contributed by atoms with E-state index in [0.717, 1.165) is 13.6 Å². The summed E-state index contributed by atoms with van der Waals surface area (Å²) in [5.41, 5.74) is 2.14. The second-order valence-corrected chi connectivity index (χ2v) is 6.40. The lowest BCUT2D eigenvalue weighted by Crippen LogP contribution is -2.02. The monoisotopic (exact) mass is 408 g/mol. The first-order valence-corrected chi connectivity index (χ1v) is 7.62. The van der Waals surface area contributed by atoms with Gasteiger partial charge in [0.25, 0.3) is 0 Å². The minimum absolute atomic E-state index is 0.446. The van der Waals surface area contributed by atoms with E-state index in [9.17, 15) is 5.11 Å². The van der Waals surface area contributed by atoms with E-state index in [2.05, 4.69) is 50.0 Å². The molecule has 0 aliphatic heterocycles. The highest BCUT2D eigenvalue weighted by molar-refractivity contribution is 14.1. The lowest BCUT2D eigenvalue weighted by atomic mass is 10.0. The normalized spacial score (nSPS) is 12.7. The summed E-state index contributed by atoms with van der Waals surface area (Å²) in [5, 5.41) is 14.3. The Bertz CT molecular complexity index is 470. The number of aliphatic hydroxyl groups excluding tert-OH is 1. The number of hydrogen-bond acceptors (Lipinski definition) is 2. The molecule has 0 aliphatic carbocycles. The van der Waals surface area contributed by atoms with Crippen LogP contribution < -0.4 is 0 Å². The Morgan fingerprint density at radius 2 is 2.19 bits per heavy atom. The molecular formula is C12H10BrIOS. The second-order valence-electron chi connectivity index (χ2n) is 3.52. The predicted molar refractivity (Wildman–Crippen MR) is 79.8 cm³/mol. The first-order chi connectivity index (χ1) is 7.66. The second kappa shape index (κ2) is 5.62. The zero-order valence-corrected chi connectivity index (χ0v) is 12.9. The van der Waals surface area contributed by atoms with E-state index >= 15 is 0 Å². The van der Waals surface area contributed by atoms with Crippen LogP contribution in [0.2, 0.25) is 0 Å². The van der Waals surface area contributed by atoms with Crippen LogP contribution in [0.3, 0.4) is 0 Å². The molecule has 1 unspecified atom stereocenters. The lowest BCUT2D eigenvalue weighted by Gasteiger charge is -2.12. The van der Waals surface area contributed by atoms with Crippen molar-refractivity contribution in [3.8, 4) is 0 Å². The largest absolute Gasteiger partial charge is 0.388 e. The van der Waals surface area contributed by atoms with Gasteiger partial charge in [0.05, 0.1) is 6.10 Å². The van der Waals surface area contributed by atoms with Crippen LogP contribution in [0.25, 0.3) is 0 Å². The van der Waals surface area contributed by atoms with E-state index in [1.165, 1.54) is 5.56 Å². The number of benzene rings is 1. The van der Waals surface area contributed by atoms with Crippen LogP contribution in [0, 0.1) is 3.57 Å². The van der Waals surface area contributed by atoms with Gasteiger partial charge in [0.15, 0.2) is 0 Å². The van der Waals surface area contributed by atoms with Crippen molar-refractivity contribution in [1.29, 1.82) is 0 Å². The van der Waals surface area contributed by atoms with Crippen LogP contribution >= 0.6 is 49.9 Å². The average molecular weight is 409 g/mol. The molecule has 0 bridgehead atoms. The van der Waals surface area contributed by atoms with Gasteiger partial charge in [-0.15, -0.1) is 0 Å². The fourth-order valence-corrected chi connectivity index (χ4v) is 3.22. The van der Waals surface area contributed by atoms with Crippen LogP contribution in [0.1, 0.15) is 17.2 Å². The highest BCUT2D eigenvalue weighted by atomic mass is 127. The summed E-state index contributed by atoms with van der Waals surface area (Å²) >= 11 is 7.39. The molecule has 1 nitrogen and oxygen atoms in total. The van der Waals surface area contributed by atoms with E-state index in [-0.39, 0.29) is 0 Å². The minimum Gasteiger partial charge on any atom is -0.388 e. The molecule has 1 heterocycles. The Hall–Kier alpha value is 0.0900. The van der Waals surface area contributed by atoms with E-state index < -0.39 is 6.10 Å². The fourth-order valence-electron chi connectivity index (χ4n) is 1.51. The molecule has 1 N–H and O–H groups in total. The summed E-state index contributed by atoms with van der Waals surface area (Å²) in [7, 11) is 0. The molecule has 1 atom stereocenters. The topological polar surface area (TPSA) is 20.2 Å². The van der Waals surface area contributed by atoms with Crippen LogP contribution in [-0.2, 0) is 6.42 Å². The van der Waals surface area contributed by atoms with Crippen molar-refractivity contribution in [2.75, 3.05) is 0 Å². The quantitative estimate of drug-likeness (QED) is 0.746. The van der Waals surface area contributed by atoms with Gasteiger partial charge in [0, 0.05) is 14.5 Å². The van der Waals surface area contributed by atoms with E-state index in [4.69, 9.17) is 0 Å².